The van der Waals surface area contributed by atoms with Gasteiger partial charge in [-0.05, 0) is 120 Å². The number of para-hydroxylation sites is 1. The number of hydrogen-bond acceptors (Lipinski definition) is 2. The van der Waals surface area contributed by atoms with Crippen LogP contribution >= 0.6 is 0 Å². The number of fused-ring (bicyclic) bond motifs is 4. The third-order valence-corrected chi connectivity index (χ3v) is 12.5. The van der Waals surface area contributed by atoms with Gasteiger partial charge < -0.3 is 9.80 Å². The highest BCUT2D eigenvalue weighted by Crippen LogP contribution is 2.45. The van der Waals surface area contributed by atoms with Crippen LogP contribution in [-0.2, 0) is 10.8 Å². The van der Waals surface area contributed by atoms with Crippen LogP contribution in [0.15, 0.2) is 121 Å². The van der Waals surface area contributed by atoms with Gasteiger partial charge in [0.15, 0.2) is 11.4 Å². The Hall–Kier alpha value is -5.22. The molecule has 5 aromatic rings. The first-order chi connectivity index (χ1) is 27.1. The third kappa shape index (κ3) is 7.39. The van der Waals surface area contributed by atoms with Crippen LogP contribution in [0, 0.1) is 0 Å². The Kier molecular flexibility index (Phi) is 11.5. The summed E-state index contributed by atoms with van der Waals surface area (Å²) in [5, 5.41) is 2.67. The van der Waals surface area contributed by atoms with E-state index in [2.05, 4.69) is 208 Å². The molecule has 0 aliphatic carbocycles. The van der Waals surface area contributed by atoms with Gasteiger partial charge in [0.05, 0.1) is 10.8 Å². The molecule has 0 amide bonds. The Bertz CT molecular complexity index is 2290. The quantitative estimate of drug-likeness (QED) is 0.0782. The summed E-state index contributed by atoms with van der Waals surface area (Å²) in [6, 6.07) is 40.7. The lowest BCUT2D eigenvalue weighted by molar-refractivity contribution is -0.451. The predicted molar refractivity (Wildman–Crippen MR) is 243 cm³/mol. The number of rotatable bonds is 15. The smallest absolute Gasteiger partial charge is 0.210 e. The molecule has 5 aromatic carbocycles. The zero-order chi connectivity index (χ0) is 39.5. The Morgan fingerprint density at radius 2 is 0.964 bits per heavy atom. The number of benzene rings is 5. The molecule has 0 saturated heterocycles. The fraction of sp³-hybridized carbons (Fsp3) is 0.346. The predicted octanol–water partition coefficient (Wildman–Crippen LogP) is 12.2. The van der Waals surface area contributed by atoms with Gasteiger partial charge in [-0.2, -0.15) is 9.15 Å². The number of anilines is 2. The van der Waals surface area contributed by atoms with Gasteiger partial charge in [0, 0.05) is 85.8 Å². The lowest BCUT2D eigenvalue weighted by Crippen LogP contribution is -2.28. The van der Waals surface area contributed by atoms with Gasteiger partial charge in [0.2, 0.25) is 11.4 Å². The van der Waals surface area contributed by atoms with Crippen molar-refractivity contribution in [3.05, 3.63) is 144 Å². The van der Waals surface area contributed by atoms with Crippen LogP contribution < -0.4 is 9.80 Å². The normalized spacial score (nSPS) is 15.7. The van der Waals surface area contributed by atoms with E-state index < -0.39 is 0 Å². The monoisotopic (exact) mass is 742 g/mol. The minimum atomic E-state index is -0.138. The molecule has 4 nitrogen and oxygen atoms in total. The summed E-state index contributed by atoms with van der Waals surface area (Å²) in [5.41, 5.74) is 13.1. The second kappa shape index (κ2) is 16.5. The largest absolute Gasteiger partial charge is 0.372 e. The molecule has 0 saturated carbocycles. The van der Waals surface area contributed by atoms with Crippen molar-refractivity contribution in [2.24, 2.45) is 0 Å². The topological polar surface area (TPSA) is 12.5 Å². The van der Waals surface area contributed by atoms with Gasteiger partial charge in [-0.3, -0.25) is 0 Å². The van der Waals surface area contributed by atoms with Crippen LogP contribution in [0.4, 0.5) is 22.7 Å². The van der Waals surface area contributed by atoms with Crippen molar-refractivity contribution in [1.82, 2.24) is 0 Å². The van der Waals surface area contributed by atoms with Gasteiger partial charge in [-0.25, -0.2) is 0 Å². The van der Waals surface area contributed by atoms with E-state index in [4.69, 9.17) is 0 Å². The highest BCUT2D eigenvalue weighted by molar-refractivity contribution is 6.09. The van der Waals surface area contributed by atoms with Gasteiger partial charge >= 0.3 is 0 Å². The zero-order valence-electron chi connectivity index (χ0n) is 35.1. The summed E-state index contributed by atoms with van der Waals surface area (Å²) in [7, 11) is 0. The van der Waals surface area contributed by atoms with Crippen LogP contribution in [-0.4, -0.2) is 59.8 Å². The van der Waals surface area contributed by atoms with E-state index in [9.17, 15) is 0 Å². The van der Waals surface area contributed by atoms with Gasteiger partial charge in [-0.15, -0.1) is 0 Å². The Labute approximate surface area is 336 Å². The molecule has 56 heavy (non-hydrogen) atoms. The average Bonchev–Trinajstić information content (AvgIpc) is 3.57. The molecule has 0 radical (unpaired) electrons. The van der Waals surface area contributed by atoms with E-state index in [1.807, 2.05) is 0 Å². The van der Waals surface area contributed by atoms with Gasteiger partial charge in [0.1, 0.15) is 13.1 Å². The molecule has 0 atom stereocenters. The van der Waals surface area contributed by atoms with Crippen molar-refractivity contribution in [2.75, 3.05) is 49.1 Å². The summed E-state index contributed by atoms with van der Waals surface area (Å²) >= 11 is 0. The molecule has 2 heterocycles. The minimum Gasteiger partial charge on any atom is -0.372 e. The van der Waals surface area contributed by atoms with Crippen LogP contribution in [0.2, 0.25) is 0 Å². The highest BCUT2D eigenvalue weighted by Gasteiger charge is 2.46. The second-order valence-corrected chi connectivity index (χ2v) is 16.4. The first-order valence-electron chi connectivity index (χ1n) is 21.1. The zero-order valence-corrected chi connectivity index (χ0v) is 35.1. The van der Waals surface area contributed by atoms with Crippen molar-refractivity contribution in [1.29, 1.82) is 0 Å². The SMILES string of the molecule is CCN(CC)c1ccc(C=CC2=[N+](CCCC[N+]3=C(C=Cc4ccc(N(CC)CC)cc4)C(C)(C)c4c3ccc3ccccc43)c3ccccc3C2(C)C)cc1. The standard InChI is InChI=1S/C52H62N4/c1-9-53(10-2)42-30-23-39(24-31-42)27-35-48-51(5,6)45-21-15-16-22-46(45)55(48)37-17-18-38-56-47-34-29-41-19-13-14-20-44(41)50(47)52(7,8)49(56)36-28-40-25-32-43(33-26-40)54(11-3)12-4/h13-16,19-36H,9-12,17-18,37-38H2,1-8H3/q+2. The fourth-order valence-corrected chi connectivity index (χ4v) is 9.32. The lowest BCUT2D eigenvalue weighted by Gasteiger charge is -2.20. The summed E-state index contributed by atoms with van der Waals surface area (Å²) in [6.07, 6.45) is 11.6. The fourth-order valence-electron chi connectivity index (χ4n) is 9.32. The van der Waals surface area contributed by atoms with Crippen molar-refractivity contribution in [3.63, 3.8) is 0 Å². The van der Waals surface area contributed by atoms with Gasteiger partial charge in [-0.1, -0.05) is 66.7 Å². The molecule has 2 aliphatic heterocycles. The molecule has 7 rings (SSSR count). The average molecular weight is 743 g/mol. The summed E-state index contributed by atoms with van der Waals surface area (Å²) in [6.45, 7) is 24.5. The van der Waals surface area contributed by atoms with Crippen LogP contribution in [0.1, 0.15) is 90.5 Å². The van der Waals surface area contributed by atoms with E-state index in [-0.39, 0.29) is 10.8 Å². The summed E-state index contributed by atoms with van der Waals surface area (Å²) < 4.78 is 5.22. The number of hydrogen-bond donors (Lipinski definition) is 0. The molecule has 4 heteroatoms. The molecular weight excluding hydrogens is 681 g/mol. The lowest BCUT2D eigenvalue weighted by atomic mass is 9.79. The van der Waals surface area contributed by atoms with Crippen LogP contribution in [0.3, 0.4) is 0 Å². The molecule has 0 aromatic heterocycles. The van der Waals surface area contributed by atoms with E-state index in [0.29, 0.717) is 0 Å². The molecule has 0 unspecified atom stereocenters. The minimum absolute atomic E-state index is 0.0808. The van der Waals surface area contributed by atoms with E-state index in [0.717, 1.165) is 52.1 Å². The first-order valence-corrected chi connectivity index (χ1v) is 21.1. The second-order valence-electron chi connectivity index (χ2n) is 16.4. The number of unbranched alkanes of at least 4 members (excludes halogenated alkanes) is 1. The molecule has 288 valence electrons. The molecule has 0 fully saturated rings. The Morgan fingerprint density at radius 3 is 1.52 bits per heavy atom. The van der Waals surface area contributed by atoms with Crippen molar-refractivity contribution >= 4 is 57.1 Å². The van der Waals surface area contributed by atoms with E-state index in [1.165, 1.54) is 67.2 Å². The summed E-state index contributed by atoms with van der Waals surface area (Å²) in [5.74, 6) is 0. The van der Waals surface area contributed by atoms with E-state index >= 15 is 0 Å². The third-order valence-electron chi connectivity index (χ3n) is 12.5. The maximum atomic E-state index is 2.62. The maximum Gasteiger partial charge on any atom is 0.210 e. The Morgan fingerprint density at radius 1 is 0.482 bits per heavy atom. The van der Waals surface area contributed by atoms with E-state index in [1.54, 1.807) is 0 Å². The number of allylic oxidation sites excluding steroid dienone is 2. The summed E-state index contributed by atoms with van der Waals surface area (Å²) in [4.78, 5) is 4.80. The van der Waals surface area contributed by atoms with Crippen molar-refractivity contribution in [2.45, 2.75) is 79.1 Å². The molecule has 2 aliphatic rings. The van der Waals surface area contributed by atoms with Crippen molar-refractivity contribution in [3.8, 4) is 0 Å². The molecular formula is C52H62N4+2. The van der Waals surface area contributed by atoms with Gasteiger partial charge in [0.25, 0.3) is 0 Å². The number of nitrogens with zero attached hydrogens (tertiary/aromatic N) is 4. The molecule has 0 spiro atoms. The van der Waals surface area contributed by atoms with Crippen LogP contribution in [0.25, 0.3) is 22.9 Å². The molecule has 0 bridgehead atoms. The highest BCUT2D eigenvalue weighted by atomic mass is 15.1. The van der Waals surface area contributed by atoms with Crippen molar-refractivity contribution < 1.29 is 9.15 Å². The Balaban J connectivity index is 1.17. The van der Waals surface area contributed by atoms with Crippen LogP contribution in [0.5, 0.6) is 0 Å². The first kappa shape index (κ1) is 39.0. The molecule has 0 N–H and O–H groups in total. The maximum absolute atomic E-state index is 2.62.